The van der Waals surface area contributed by atoms with E-state index < -0.39 is 0 Å². The summed E-state index contributed by atoms with van der Waals surface area (Å²) in [4.78, 5) is 12.8. The van der Waals surface area contributed by atoms with Crippen molar-refractivity contribution in [2.45, 2.75) is 12.5 Å². The van der Waals surface area contributed by atoms with Crippen LogP contribution in [0.15, 0.2) is 36.4 Å². The topological polar surface area (TPSA) is 56.8 Å². The van der Waals surface area contributed by atoms with Gasteiger partial charge in [0.15, 0.2) is 11.5 Å². The van der Waals surface area contributed by atoms with Gasteiger partial charge in [0.1, 0.15) is 5.75 Å². The third kappa shape index (κ3) is 3.28. The minimum atomic E-state index is -0.137. The summed E-state index contributed by atoms with van der Waals surface area (Å²) < 4.78 is 17.0. The van der Waals surface area contributed by atoms with E-state index in [9.17, 15) is 4.79 Å². The summed E-state index contributed by atoms with van der Waals surface area (Å²) in [6, 6.07) is 11.2. The second-order valence-electron chi connectivity index (χ2n) is 5.39. The Morgan fingerprint density at radius 1 is 1.21 bits per heavy atom. The summed E-state index contributed by atoms with van der Waals surface area (Å²) in [6.07, 6.45) is 0.743. The van der Waals surface area contributed by atoms with Crippen LogP contribution in [0.25, 0.3) is 0 Å². The van der Waals surface area contributed by atoms with Crippen molar-refractivity contribution in [3.05, 3.63) is 51.1 Å². The maximum absolute atomic E-state index is 12.8. The lowest BCUT2D eigenvalue weighted by atomic mass is 10.00. The Bertz CT molecular complexity index is 763. The van der Waals surface area contributed by atoms with Crippen LogP contribution in [0.4, 0.5) is 0 Å². The zero-order valence-electron chi connectivity index (χ0n) is 13.5. The molecule has 2 aromatic rings. The molecule has 0 aromatic heterocycles. The fourth-order valence-electron chi connectivity index (χ4n) is 2.76. The Hall–Kier alpha value is -1.96. The molecule has 0 spiro atoms. The summed E-state index contributed by atoms with van der Waals surface area (Å²) in [5.41, 5.74) is 1.57. The largest absolute Gasteiger partial charge is 0.493 e. The van der Waals surface area contributed by atoms with Gasteiger partial charge in [0.2, 0.25) is 0 Å². The summed E-state index contributed by atoms with van der Waals surface area (Å²) in [6.45, 7) is 0.588. The Labute approximate surface area is 154 Å². The van der Waals surface area contributed by atoms with Gasteiger partial charge in [0.05, 0.1) is 32.4 Å². The average Bonchev–Trinajstić information content (AvgIpc) is 2.61. The molecular weight excluding hydrogens is 421 g/mol. The minimum absolute atomic E-state index is 0.0636. The highest BCUT2D eigenvalue weighted by molar-refractivity contribution is 14.1. The van der Waals surface area contributed by atoms with Crippen LogP contribution in [0.2, 0.25) is 0 Å². The van der Waals surface area contributed by atoms with Crippen LogP contribution in [-0.4, -0.2) is 26.7 Å². The predicted octanol–water partition coefficient (Wildman–Crippen LogP) is 3.56. The molecule has 1 heterocycles. The highest BCUT2D eigenvalue weighted by atomic mass is 127. The normalized spacial score (nSPS) is 15.9. The van der Waals surface area contributed by atoms with E-state index in [1.54, 1.807) is 26.4 Å². The van der Waals surface area contributed by atoms with Gasteiger partial charge in [-0.2, -0.15) is 0 Å². The number of rotatable bonds is 4. The van der Waals surface area contributed by atoms with Crippen molar-refractivity contribution in [1.29, 1.82) is 0 Å². The molecule has 5 nitrogen and oxygen atoms in total. The number of ether oxygens (including phenoxy) is 3. The van der Waals surface area contributed by atoms with Gasteiger partial charge < -0.3 is 19.5 Å². The van der Waals surface area contributed by atoms with Crippen molar-refractivity contribution in [2.75, 3.05) is 20.8 Å². The standard InChI is InChI=1S/C18H18INO4/c1-22-16-9-12(13(19)10-17(16)23-2)18(21)20-14-7-8-24-15-6-4-3-5-11(14)15/h3-6,9-10,14H,7-8H2,1-2H3,(H,20,21). The SMILES string of the molecule is COc1cc(I)c(C(=O)NC2CCOc3ccccc32)cc1OC. The van der Waals surface area contributed by atoms with Gasteiger partial charge in [0, 0.05) is 15.6 Å². The van der Waals surface area contributed by atoms with E-state index in [-0.39, 0.29) is 11.9 Å². The molecule has 1 atom stereocenters. The molecule has 1 unspecified atom stereocenters. The molecular formula is C18H18INO4. The lowest BCUT2D eigenvalue weighted by Gasteiger charge is -2.26. The van der Waals surface area contributed by atoms with E-state index >= 15 is 0 Å². The number of carbonyl (C=O) groups is 1. The quantitative estimate of drug-likeness (QED) is 0.741. The minimum Gasteiger partial charge on any atom is -0.493 e. The number of benzene rings is 2. The molecule has 0 fully saturated rings. The van der Waals surface area contributed by atoms with Gasteiger partial charge >= 0.3 is 0 Å². The van der Waals surface area contributed by atoms with Gasteiger partial charge in [-0.05, 0) is 40.8 Å². The van der Waals surface area contributed by atoms with E-state index in [1.165, 1.54) is 0 Å². The summed E-state index contributed by atoms with van der Waals surface area (Å²) in [5, 5.41) is 3.10. The number of fused-ring (bicyclic) bond motifs is 1. The molecule has 1 N–H and O–H groups in total. The molecule has 3 rings (SSSR count). The molecule has 1 aliphatic rings. The van der Waals surface area contributed by atoms with Gasteiger partial charge in [-0.15, -0.1) is 0 Å². The van der Waals surface area contributed by atoms with E-state index in [0.29, 0.717) is 23.7 Å². The van der Waals surface area contributed by atoms with Crippen molar-refractivity contribution < 1.29 is 19.0 Å². The first kappa shape index (κ1) is 16.9. The second kappa shape index (κ2) is 7.29. The van der Waals surface area contributed by atoms with Crippen molar-refractivity contribution >= 4 is 28.5 Å². The van der Waals surface area contributed by atoms with Crippen LogP contribution in [0.3, 0.4) is 0 Å². The predicted molar refractivity (Wildman–Crippen MR) is 99.0 cm³/mol. The second-order valence-corrected chi connectivity index (χ2v) is 6.55. The van der Waals surface area contributed by atoms with Crippen LogP contribution < -0.4 is 19.5 Å². The van der Waals surface area contributed by atoms with E-state index in [1.807, 2.05) is 24.3 Å². The fraction of sp³-hybridized carbons (Fsp3) is 0.278. The van der Waals surface area contributed by atoms with Crippen LogP contribution in [0, 0.1) is 3.57 Å². The Kier molecular flexibility index (Phi) is 5.13. The Morgan fingerprint density at radius 3 is 2.67 bits per heavy atom. The highest BCUT2D eigenvalue weighted by Crippen LogP contribution is 2.34. The number of hydrogen-bond donors (Lipinski definition) is 1. The van der Waals surface area contributed by atoms with E-state index in [2.05, 4.69) is 27.9 Å². The maximum atomic E-state index is 12.8. The molecule has 1 amide bonds. The van der Waals surface area contributed by atoms with Crippen molar-refractivity contribution in [3.8, 4) is 17.2 Å². The number of hydrogen-bond acceptors (Lipinski definition) is 4. The molecule has 0 aliphatic carbocycles. The van der Waals surface area contributed by atoms with Crippen LogP contribution >= 0.6 is 22.6 Å². The molecule has 2 aromatic carbocycles. The molecule has 6 heteroatoms. The summed E-state index contributed by atoms with van der Waals surface area (Å²) >= 11 is 2.13. The number of methoxy groups -OCH3 is 2. The number of nitrogens with one attached hydrogen (secondary N) is 1. The van der Waals surface area contributed by atoms with E-state index in [0.717, 1.165) is 21.3 Å². The first-order valence-electron chi connectivity index (χ1n) is 7.58. The molecule has 24 heavy (non-hydrogen) atoms. The van der Waals surface area contributed by atoms with E-state index in [4.69, 9.17) is 14.2 Å². The Balaban J connectivity index is 1.86. The molecule has 0 saturated carbocycles. The maximum Gasteiger partial charge on any atom is 0.252 e. The molecule has 0 saturated heterocycles. The van der Waals surface area contributed by atoms with Gasteiger partial charge in [-0.3, -0.25) is 4.79 Å². The van der Waals surface area contributed by atoms with Crippen LogP contribution in [0.5, 0.6) is 17.2 Å². The van der Waals surface area contributed by atoms with Gasteiger partial charge in [-0.25, -0.2) is 0 Å². The first-order chi connectivity index (χ1) is 11.6. The van der Waals surface area contributed by atoms with Crippen molar-refractivity contribution in [3.63, 3.8) is 0 Å². The third-order valence-electron chi connectivity index (χ3n) is 3.98. The number of amides is 1. The zero-order valence-corrected chi connectivity index (χ0v) is 15.6. The lowest BCUT2D eigenvalue weighted by molar-refractivity contribution is 0.0923. The summed E-state index contributed by atoms with van der Waals surface area (Å²) in [7, 11) is 3.13. The number of halogens is 1. The third-order valence-corrected chi connectivity index (χ3v) is 4.87. The smallest absolute Gasteiger partial charge is 0.252 e. The fourth-order valence-corrected chi connectivity index (χ4v) is 3.44. The van der Waals surface area contributed by atoms with Gasteiger partial charge in [0.25, 0.3) is 5.91 Å². The molecule has 0 radical (unpaired) electrons. The highest BCUT2D eigenvalue weighted by Gasteiger charge is 2.24. The zero-order chi connectivity index (χ0) is 17.1. The molecule has 1 aliphatic heterocycles. The van der Waals surface area contributed by atoms with Crippen molar-refractivity contribution in [2.24, 2.45) is 0 Å². The molecule has 0 bridgehead atoms. The Morgan fingerprint density at radius 2 is 1.92 bits per heavy atom. The summed E-state index contributed by atoms with van der Waals surface area (Å²) in [5.74, 6) is 1.84. The monoisotopic (exact) mass is 439 g/mol. The molecule has 126 valence electrons. The number of para-hydroxylation sites is 1. The average molecular weight is 439 g/mol. The van der Waals surface area contributed by atoms with Crippen LogP contribution in [-0.2, 0) is 0 Å². The van der Waals surface area contributed by atoms with Gasteiger partial charge in [-0.1, -0.05) is 18.2 Å². The lowest BCUT2D eigenvalue weighted by Crippen LogP contribution is -2.32. The first-order valence-corrected chi connectivity index (χ1v) is 8.66. The van der Waals surface area contributed by atoms with Crippen LogP contribution in [0.1, 0.15) is 28.4 Å². The number of carbonyl (C=O) groups excluding carboxylic acids is 1. The van der Waals surface area contributed by atoms with Crippen molar-refractivity contribution in [1.82, 2.24) is 5.32 Å².